The van der Waals surface area contributed by atoms with E-state index < -0.39 is 53.3 Å². The Morgan fingerprint density at radius 2 is 1.55 bits per heavy atom. The van der Waals surface area contributed by atoms with Crippen molar-refractivity contribution in [3.8, 4) is 16.9 Å². The zero-order chi connectivity index (χ0) is 36.2. The summed E-state index contributed by atoms with van der Waals surface area (Å²) in [6.07, 6.45) is -10.3. The predicted octanol–water partition coefficient (Wildman–Crippen LogP) is 10.3. The van der Waals surface area contributed by atoms with Gasteiger partial charge in [0.05, 0.1) is 29.8 Å². The molecule has 5 rings (SSSR count). The number of nitrogens with zero attached hydrogens (tertiary/aromatic N) is 1. The Bertz CT molecular complexity index is 1810. The average molecular weight is 690 g/mol. The number of benzene rings is 3. The van der Waals surface area contributed by atoms with Crippen LogP contribution in [0.1, 0.15) is 89.9 Å². The summed E-state index contributed by atoms with van der Waals surface area (Å²) in [7, 11) is 1.55. The van der Waals surface area contributed by atoms with Gasteiger partial charge in [-0.15, -0.1) is 0 Å². The van der Waals surface area contributed by atoms with Gasteiger partial charge in [-0.1, -0.05) is 19.9 Å². The molecule has 2 aliphatic rings. The van der Waals surface area contributed by atoms with Crippen molar-refractivity contribution < 1.29 is 50.5 Å². The summed E-state index contributed by atoms with van der Waals surface area (Å²) in [6, 6.07) is 9.16. The topological polar surface area (TPSA) is 76.1 Å². The molecule has 262 valence electrons. The molecular formula is C37H37F6NO5. The van der Waals surface area contributed by atoms with E-state index in [1.165, 1.54) is 4.90 Å². The third-order valence-corrected chi connectivity index (χ3v) is 9.50. The number of hydrogen-bond acceptors (Lipinski definition) is 4. The van der Waals surface area contributed by atoms with E-state index in [2.05, 4.69) is 13.8 Å². The lowest BCUT2D eigenvalue weighted by Gasteiger charge is -2.36. The van der Waals surface area contributed by atoms with Crippen LogP contribution in [0.2, 0.25) is 0 Å². The first kappa shape index (κ1) is 35.8. The van der Waals surface area contributed by atoms with Gasteiger partial charge in [0.1, 0.15) is 11.9 Å². The lowest BCUT2D eigenvalue weighted by Crippen LogP contribution is -2.35. The number of carbonyl (C=O) groups excluding carboxylic acids is 1. The Morgan fingerprint density at radius 1 is 0.939 bits per heavy atom. The van der Waals surface area contributed by atoms with Crippen molar-refractivity contribution in [1.29, 1.82) is 0 Å². The van der Waals surface area contributed by atoms with Crippen LogP contribution in [-0.2, 0) is 17.1 Å². The molecule has 2 atom stereocenters. The number of aromatic carboxylic acids is 1. The van der Waals surface area contributed by atoms with E-state index in [0.717, 1.165) is 45.4 Å². The van der Waals surface area contributed by atoms with E-state index >= 15 is 0 Å². The summed E-state index contributed by atoms with van der Waals surface area (Å²) in [6.45, 7) is 9.52. The Hall–Kier alpha value is -4.48. The zero-order valence-corrected chi connectivity index (χ0v) is 27.9. The van der Waals surface area contributed by atoms with Crippen LogP contribution in [-0.4, -0.2) is 41.8 Å². The SMILES string of the molecule is COc1cc(C)c(-c2ccc(C(=O)O)cc2C)cc1C1=C(CN2C(=O)O[C@H](c3cc(C(F)(F)F)cc(C(F)(F)F)c3)[C@@H]2C)CC(C)(C)CC1. The normalized spacial score (nSPS) is 19.7. The molecule has 12 heteroatoms. The van der Waals surface area contributed by atoms with Gasteiger partial charge in [-0.2, -0.15) is 26.3 Å². The van der Waals surface area contributed by atoms with Gasteiger partial charge in [0.2, 0.25) is 0 Å². The number of aryl methyl sites for hydroxylation is 2. The van der Waals surface area contributed by atoms with Crippen molar-refractivity contribution in [2.75, 3.05) is 13.7 Å². The maximum absolute atomic E-state index is 13.6. The van der Waals surface area contributed by atoms with Crippen LogP contribution in [0, 0.1) is 19.3 Å². The number of amides is 1. The number of rotatable bonds is 7. The molecule has 0 unspecified atom stereocenters. The maximum atomic E-state index is 13.6. The van der Waals surface area contributed by atoms with E-state index in [-0.39, 0.29) is 23.6 Å². The first-order chi connectivity index (χ1) is 22.7. The number of ether oxygens (including phenoxy) is 2. The van der Waals surface area contributed by atoms with Crippen molar-refractivity contribution in [1.82, 2.24) is 4.90 Å². The van der Waals surface area contributed by atoms with Crippen LogP contribution in [0.5, 0.6) is 5.75 Å². The molecule has 1 N–H and O–H groups in total. The number of carboxylic acid groups (broad SMARTS) is 1. The van der Waals surface area contributed by atoms with Crippen LogP contribution in [0.15, 0.2) is 54.1 Å². The van der Waals surface area contributed by atoms with E-state index in [1.807, 2.05) is 26.0 Å². The first-order valence-corrected chi connectivity index (χ1v) is 15.7. The highest BCUT2D eigenvalue weighted by Gasteiger charge is 2.44. The summed E-state index contributed by atoms with van der Waals surface area (Å²) in [5, 5.41) is 9.45. The predicted molar refractivity (Wildman–Crippen MR) is 171 cm³/mol. The number of halogens is 6. The van der Waals surface area contributed by atoms with Gasteiger partial charge in [0.25, 0.3) is 0 Å². The van der Waals surface area contributed by atoms with Gasteiger partial charge in [-0.25, -0.2) is 9.59 Å². The molecule has 6 nitrogen and oxygen atoms in total. The number of cyclic esters (lactones) is 1. The number of carbonyl (C=O) groups is 2. The molecule has 0 spiro atoms. The third kappa shape index (κ3) is 7.28. The second-order valence-corrected chi connectivity index (χ2v) is 13.6. The molecule has 0 radical (unpaired) electrons. The van der Waals surface area contributed by atoms with Crippen LogP contribution in [0.4, 0.5) is 31.1 Å². The molecule has 1 aliphatic carbocycles. The number of hydrogen-bond donors (Lipinski definition) is 1. The molecular weight excluding hydrogens is 652 g/mol. The maximum Gasteiger partial charge on any atom is 0.416 e. The fourth-order valence-corrected chi connectivity index (χ4v) is 6.87. The molecule has 0 bridgehead atoms. The second kappa shape index (κ2) is 12.8. The highest BCUT2D eigenvalue weighted by Crippen LogP contribution is 2.48. The number of allylic oxidation sites excluding steroid dienone is 1. The summed E-state index contributed by atoms with van der Waals surface area (Å²) < 4.78 is 93.1. The third-order valence-electron chi connectivity index (χ3n) is 9.50. The van der Waals surface area contributed by atoms with E-state index in [4.69, 9.17) is 9.47 Å². The molecule has 1 saturated heterocycles. The molecule has 49 heavy (non-hydrogen) atoms. The number of carboxylic acids is 1. The molecule has 1 fully saturated rings. The molecule has 3 aromatic carbocycles. The highest BCUT2D eigenvalue weighted by atomic mass is 19.4. The molecule has 0 aromatic heterocycles. The molecule has 1 aliphatic heterocycles. The number of methoxy groups -OCH3 is 1. The van der Waals surface area contributed by atoms with E-state index in [0.29, 0.717) is 30.7 Å². The Labute approximate surface area is 280 Å². The molecule has 1 amide bonds. The second-order valence-electron chi connectivity index (χ2n) is 13.6. The molecule has 3 aromatic rings. The Balaban J connectivity index is 1.57. The zero-order valence-electron chi connectivity index (χ0n) is 27.9. The Kier molecular flexibility index (Phi) is 9.33. The lowest BCUT2D eigenvalue weighted by molar-refractivity contribution is -0.143. The van der Waals surface area contributed by atoms with Crippen LogP contribution < -0.4 is 4.74 Å². The summed E-state index contributed by atoms with van der Waals surface area (Å²) in [5.74, 6) is -0.445. The summed E-state index contributed by atoms with van der Waals surface area (Å²) in [5.41, 5.74) is 2.56. The first-order valence-electron chi connectivity index (χ1n) is 15.7. The smallest absolute Gasteiger partial charge is 0.416 e. The van der Waals surface area contributed by atoms with Gasteiger partial charge in [-0.3, -0.25) is 4.90 Å². The van der Waals surface area contributed by atoms with Crippen LogP contribution in [0.3, 0.4) is 0 Å². The van der Waals surface area contributed by atoms with E-state index in [1.54, 1.807) is 32.2 Å². The van der Waals surface area contributed by atoms with Crippen LogP contribution >= 0.6 is 0 Å². The largest absolute Gasteiger partial charge is 0.496 e. The standard InChI is InChI=1S/C37H37F6NO5/c1-19-11-22(33(45)46)7-8-27(19)29-16-30(31(48-6)12-20(29)2)28-9-10-35(4,5)17-24(28)18-44-21(3)32(49-34(44)47)23-13-25(36(38,39)40)15-26(14-23)37(41,42)43/h7-8,11-16,21,32H,9-10,17-18H2,1-6H3,(H,45,46)/t21-,32-/m0/s1. The van der Waals surface area contributed by atoms with Gasteiger partial charge in [0.15, 0.2) is 0 Å². The Morgan fingerprint density at radius 3 is 2.10 bits per heavy atom. The van der Waals surface area contributed by atoms with Crippen molar-refractivity contribution in [2.24, 2.45) is 5.41 Å². The van der Waals surface area contributed by atoms with Crippen molar-refractivity contribution in [3.63, 3.8) is 0 Å². The fraction of sp³-hybridized carbons (Fsp3) is 0.405. The van der Waals surface area contributed by atoms with Crippen molar-refractivity contribution in [2.45, 2.75) is 78.4 Å². The monoisotopic (exact) mass is 689 g/mol. The summed E-state index contributed by atoms with van der Waals surface area (Å²) >= 11 is 0. The molecule has 0 saturated carbocycles. The minimum absolute atomic E-state index is 0.0407. The van der Waals surface area contributed by atoms with Gasteiger partial charge in [-0.05, 0) is 127 Å². The van der Waals surface area contributed by atoms with Gasteiger partial charge < -0.3 is 14.6 Å². The van der Waals surface area contributed by atoms with Gasteiger partial charge in [0, 0.05) is 12.1 Å². The fourth-order valence-electron chi connectivity index (χ4n) is 6.87. The average Bonchev–Trinajstić information content (AvgIpc) is 3.28. The lowest BCUT2D eigenvalue weighted by atomic mass is 9.72. The minimum Gasteiger partial charge on any atom is -0.496 e. The minimum atomic E-state index is -5.04. The van der Waals surface area contributed by atoms with Crippen molar-refractivity contribution >= 4 is 17.6 Å². The quantitative estimate of drug-likeness (QED) is 0.250. The van der Waals surface area contributed by atoms with E-state index in [9.17, 15) is 41.0 Å². The highest BCUT2D eigenvalue weighted by molar-refractivity contribution is 5.89. The van der Waals surface area contributed by atoms with Gasteiger partial charge >= 0.3 is 24.4 Å². The summed E-state index contributed by atoms with van der Waals surface area (Å²) in [4.78, 5) is 26.2. The molecule has 1 heterocycles. The number of alkyl halides is 6. The van der Waals surface area contributed by atoms with Crippen LogP contribution in [0.25, 0.3) is 16.7 Å². The van der Waals surface area contributed by atoms with Crippen molar-refractivity contribution in [3.05, 3.63) is 93.0 Å².